The second-order valence-corrected chi connectivity index (χ2v) is 3.90. The molecular weight excluding hydrogens is 218 g/mol. The molecule has 0 radical (unpaired) electrons. The van der Waals surface area contributed by atoms with E-state index < -0.39 is 12.0 Å². The average Bonchev–Trinajstić information content (AvgIpc) is 2.30. The molecule has 0 bridgehead atoms. The number of ether oxygens (including phenoxy) is 1. The molecule has 0 amide bonds. The Morgan fingerprint density at radius 2 is 2.29 bits per heavy atom. The Morgan fingerprint density at radius 1 is 1.53 bits per heavy atom. The van der Waals surface area contributed by atoms with Gasteiger partial charge in [0.05, 0.1) is 6.61 Å². The summed E-state index contributed by atoms with van der Waals surface area (Å²) in [7, 11) is 1.62. The highest BCUT2D eigenvalue weighted by atomic mass is 16.5. The van der Waals surface area contributed by atoms with Gasteiger partial charge >= 0.3 is 5.97 Å². The van der Waals surface area contributed by atoms with Crippen LogP contribution in [-0.4, -0.2) is 24.7 Å². The first-order valence-electron chi connectivity index (χ1n) is 5.73. The van der Waals surface area contributed by atoms with Crippen molar-refractivity contribution >= 4 is 5.97 Å². The maximum absolute atomic E-state index is 11.2. The Balaban J connectivity index is 2.85. The van der Waals surface area contributed by atoms with Gasteiger partial charge in [-0.3, -0.25) is 4.79 Å². The molecule has 1 rings (SSSR count). The normalized spacial score (nSPS) is 12.4. The van der Waals surface area contributed by atoms with Gasteiger partial charge in [0.15, 0.2) is 0 Å². The van der Waals surface area contributed by atoms with E-state index in [1.807, 2.05) is 31.2 Å². The number of hydrogen-bond donors (Lipinski definition) is 2. The average molecular weight is 237 g/mol. The fraction of sp³-hybridized carbons (Fsp3) is 0.462. The Kier molecular flexibility index (Phi) is 5.66. The first-order chi connectivity index (χ1) is 8.19. The number of methoxy groups -OCH3 is 1. The van der Waals surface area contributed by atoms with Crippen LogP contribution in [-0.2, 0) is 16.1 Å². The lowest BCUT2D eigenvalue weighted by Crippen LogP contribution is -2.29. The van der Waals surface area contributed by atoms with Crippen LogP contribution in [0.25, 0.3) is 0 Å². The lowest BCUT2D eigenvalue weighted by atomic mass is 10.0. The number of carboxylic acids is 1. The molecule has 0 spiro atoms. The van der Waals surface area contributed by atoms with Gasteiger partial charge < -0.3 is 15.2 Å². The van der Waals surface area contributed by atoms with Gasteiger partial charge in [-0.25, -0.2) is 0 Å². The minimum Gasteiger partial charge on any atom is -0.480 e. The number of carboxylic acid groups (broad SMARTS) is 1. The molecule has 1 unspecified atom stereocenters. The van der Waals surface area contributed by atoms with E-state index in [2.05, 4.69) is 5.32 Å². The second kappa shape index (κ2) is 7.04. The van der Waals surface area contributed by atoms with Crippen LogP contribution in [0.2, 0.25) is 0 Å². The van der Waals surface area contributed by atoms with Crippen molar-refractivity contribution in [1.82, 2.24) is 5.32 Å². The van der Waals surface area contributed by atoms with E-state index in [4.69, 9.17) is 4.74 Å². The van der Waals surface area contributed by atoms with Crippen molar-refractivity contribution in [2.45, 2.75) is 26.0 Å². The molecule has 0 saturated carbocycles. The molecule has 0 aliphatic carbocycles. The molecule has 17 heavy (non-hydrogen) atoms. The fourth-order valence-corrected chi connectivity index (χ4v) is 1.67. The van der Waals surface area contributed by atoms with Crippen LogP contribution >= 0.6 is 0 Å². The zero-order chi connectivity index (χ0) is 12.7. The predicted octanol–water partition coefficient (Wildman–Crippen LogP) is 1.96. The van der Waals surface area contributed by atoms with E-state index in [-0.39, 0.29) is 0 Å². The number of nitrogens with one attached hydrogen (secondary N) is 1. The molecular formula is C13H19NO3. The van der Waals surface area contributed by atoms with Crippen LogP contribution in [0.1, 0.15) is 30.5 Å². The fourth-order valence-electron chi connectivity index (χ4n) is 1.67. The van der Waals surface area contributed by atoms with Crippen LogP contribution in [0.4, 0.5) is 0 Å². The van der Waals surface area contributed by atoms with Gasteiger partial charge in [0, 0.05) is 7.11 Å². The van der Waals surface area contributed by atoms with Crippen LogP contribution in [0.3, 0.4) is 0 Å². The van der Waals surface area contributed by atoms with E-state index in [0.29, 0.717) is 13.2 Å². The van der Waals surface area contributed by atoms with Gasteiger partial charge in [0.25, 0.3) is 0 Å². The third-order valence-electron chi connectivity index (χ3n) is 2.44. The Labute approximate surface area is 102 Å². The molecule has 0 saturated heterocycles. The molecule has 1 aromatic carbocycles. The van der Waals surface area contributed by atoms with Gasteiger partial charge in [0.1, 0.15) is 6.04 Å². The molecule has 0 aliphatic heterocycles. The first kappa shape index (κ1) is 13.7. The molecule has 2 N–H and O–H groups in total. The molecule has 1 aromatic rings. The third-order valence-corrected chi connectivity index (χ3v) is 2.44. The minimum absolute atomic E-state index is 0.494. The standard InChI is InChI=1S/C13H19NO3/c1-3-7-14-12(13(15)16)11-6-4-5-10(8-11)9-17-2/h4-6,8,12,14H,3,7,9H2,1-2H3,(H,15,16). The smallest absolute Gasteiger partial charge is 0.325 e. The summed E-state index contributed by atoms with van der Waals surface area (Å²) in [5, 5.41) is 12.2. The van der Waals surface area contributed by atoms with Gasteiger partial charge in [0.2, 0.25) is 0 Å². The highest BCUT2D eigenvalue weighted by Gasteiger charge is 2.18. The maximum Gasteiger partial charge on any atom is 0.325 e. The lowest BCUT2D eigenvalue weighted by molar-refractivity contribution is -0.139. The molecule has 4 nitrogen and oxygen atoms in total. The number of rotatable bonds is 7. The summed E-state index contributed by atoms with van der Waals surface area (Å²) in [6.45, 7) is 3.19. The van der Waals surface area contributed by atoms with Crippen LogP contribution in [0.15, 0.2) is 24.3 Å². The highest BCUT2D eigenvalue weighted by Crippen LogP contribution is 2.15. The van der Waals surface area contributed by atoms with Crippen molar-refractivity contribution in [3.05, 3.63) is 35.4 Å². The highest BCUT2D eigenvalue weighted by molar-refractivity contribution is 5.75. The van der Waals surface area contributed by atoms with Crippen molar-refractivity contribution in [3.63, 3.8) is 0 Å². The molecule has 4 heteroatoms. The number of hydrogen-bond acceptors (Lipinski definition) is 3. The second-order valence-electron chi connectivity index (χ2n) is 3.90. The van der Waals surface area contributed by atoms with Crippen LogP contribution < -0.4 is 5.32 Å². The van der Waals surface area contributed by atoms with Crippen LogP contribution in [0, 0.1) is 0 Å². The van der Waals surface area contributed by atoms with Crippen molar-refractivity contribution in [2.24, 2.45) is 0 Å². The quantitative estimate of drug-likeness (QED) is 0.761. The van der Waals surface area contributed by atoms with Crippen molar-refractivity contribution in [2.75, 3.05) is 13.7 Å². The van der Waals surface area contributed by atoms with Gasteiger partial charge in [-0.1, -0.05) is 31.2 Å². The Hall–Kier alpha value is -1.39. The Bertz CT molecular complexity index is 365. The summed E-state index contributed by atoms with van der Waals surface area (Å²) < 4.78 is 5.04. The molecule has 0 fully saturated rings. The summed E-state index contributed by atoms with van der Waals surface area (Å²) in [5.41, 5.74) is 1.75. The molecule has 1 atom stereocenters. The number of benzene rings is 1. The van der Waals surface area contributed by atoms with Crippen molar-refractivity contribution < 1.29 is 14.6 Å². The first-order valence-corrected chi connectivity index (χ1v) is 5.73. The SMILES string of the molecule is CCCNC(C(=O)O)c1cccc(COC)c1. The van der Waals surface area contributed by atoms with E-state index in [9.17, 15) is 9.90 Å². The third kappa shape index (κ3) is 4.17. The summed E-state index contributed by atoms with van der Waals surface area (Å²) in [6.07, 6.45) is 0.904. The zero-order valence-electron chi connectivity index (χ0n) is 10.3. The zero-order valence-corrected chi connectivity index (χ0v) is 10.3. The molecule has 94 valence electrons. The van der Waals surface area contributed by atoms with E-state index in [0.717, 1.165) is 17.5 Å². The summed E-state index contributed by atoms with van der Waals surface area (Å²) in [6, 6.07) is 6.82. The summed E-state index contributed by atoms with van der Waals surface area (Å²) >= 11 is 0. The molecule has 0 aromatic heterocycles. The number of aliphatic carboxylic acids is 1. The topological polar surface area (TPSA) is 58.6 Å². The Morgan fingerprint density at radius 3 is 2.88 bits per heavy atom. The van der Waals surface area contributed by atoms with Gasteiger partial charge in [-0.2, -0.15) is 0 Å². The summed E-state index contributed by atoms with van der Waals surface area (Å²) in [5.74, 6) is -0.854. The van der Waals surface area contributed by atoms with E-state index >= 15 is 0 Å². The molecule has 0 heterocycles. The van der Waals surface area contributed by atoms with E-state index in [1.165, 1.54) is 0 Å². The summed E-state index contributed by atoms with van der Waals surface area (Å²) in [4.78, 5) is 11.2. The van der Waals surface area contributed by atoms with Gasteiger partial charge in [-0.05, 0) is 24.1 Å². The monoisotopic (exact) mass is 237 g/mol. The minimum atomic E-state index is -0.854. The van der Waals surface area contributed by atoms with Crippen LogP contribution in [0.5, 0.6) is 0 Å². The van der Waals surface area contributed by atoms with Crippen molar-refractivity contribution in [1.29, 1.82) is 0 Å². The maximum atomic E-state index is 11.2. The van der Waals surface area contributed by atoms with Crippen molar-refractivity contribution in [3.8, 4) is 0 Å². The van der Waals surface area contributed by atoms with E-state index in [1.54, 1.807) is 7.11 Å². The molecule has 0 aliphatic rings. The van der Waals surface area contributed by atoms with Gasteiger partial charge in [-0.15, -0.1) is 0 Å². The lowest BCUT2D eigenvalue weighted by Gasteiger charge is -2.15. The number of carbonyl (C=O) groups is 1. The largest absolute Gasteiger partial charge is 0.480 e. The predicted molar refractivity (Wildman–Crippen MR) is 65.8 cm³/mol.